The zero-order valence-electron chi connectivity index (χ0n) is 12.4. The average molecular weight is 354 g/mol. The van der Waals surface area contributed by atoms with Crippen LogP contribution in [0.15, 0.2) is 42.5 Å². The van der Waals surface area contributed by atoms with Gasteiger partial charge < -0.3 is 15.2 Å². The molecule has 0 radical (unpaired) electrons. The number of rotatable bonds is 8. The molecule has 0 saturated heterocycles. The molecule has 0 aliphatic rings. The minimum atomic E-state index is -0.999. The summed E-state index contributed by atoms with van der Waals surface area (Å²) in [5.74, 6) is -0.220. The number of aromatic carboxylic acids is 1. The Labute approximate surface area is 145 Å². The number of hydrogen-bond donors (Lipinski definition) is 2. The van der Waals surface area contributed by atoms with E-state index in [1.54, 1.807) is 24.3 Å². The summed E-state index contributed by atoms with van der Waals surface area (Å²) >= 11 is 11.8. The van der Waals surface area contributed by atoms with Crippen molar-refractivity contribution in [2.45, 2.75) is 12.8 Å². The van der Waals surface area contributed by atoms with Gasteiger partial charge in [-0.05, 0) is 49.2 Å². The Morgan fingerprint density at radius 3 is 2.52 bits per heavy atom. The first kappa shape index (κ1) is 17.4. The molecule has 4 nitrogen and oxygen atoms in total. The van der Waals surface area contributed by atoms with Crippen molar-refractivity contribution in [3.63, 3.8) is 0 Å². The van der Waals surface area contributed by atoms with E-state index in [0.29, 0.717) is 28.9 Å². The van der Waals surface area contributed by atoms with Crippen molar-refractivity contribution in [1.82, 2.24) is 0 Å². The lowest BCUT2D eigenvalue weighted by Crippen LogP contribution is -2.09. The molecule has 0 saturated carbocycles. The molecule has 0 unspecified atom stereocenters. The third-order valence-electron chi connectivity index (χ3n) is 3.20. The van der Waals surface area contributed by atoms with Gasteiger partial charge in [0.05, 0.1) is 22.9 Å². The fourth-order valence-corrected chi connectivity index (χ4v) is 2.41. The lowest BCUT2D eigenvalue weighted by Gasteiger charge is -2.11. The minimum absolute atomic E-state index is 0.176. The molecule has 0 amide bonds. The second-order valence-corrected chi connectivity index (χ2v) is 5.75. The highest BCUT2D eigenvalue weighted by Gasteiger charge is 2.12. The number of halogens is 2. The molecule has 2 rings (SSSR count). The first-order valence-corrected chi connectivity index (χ1v) is 7.97. The van der Waals surface area contributed by atoms with E-state index < -0.39 is 5.97 Å². The largest absolute Gasteiger partial charge is 0.494 e. The first-order valence-electron chi connectivity index (χ1n) is 7.22. The Kier molecular flexibility index (Phi) is 6.56. The van der Waals surface area contributed by atoms with Gasteiger partial charge in [0, 0.05) is 11.6 Å². The number of benzene rings is 2. The summed E-state index contributed by atoms with van der Waals surface area (Å²) in [5, 5.41) is 13.3. The Morgan fingerprint density at radius 2 is 1.83 bits per heavy atom. The summed E-state index contributed by atoms with van der Waals surface area (Å²) in [6, 6.07) is 12.0. The molecule has 0 aliphatic heterocycles. The standard InChI is InChI=1S/C17H17Cl2NO3/c18-12-6-8-13(9-7-12)23-11-2-1-10-20-16-14(17(21)22)4-3-5-15(16)19/h3-9,20H,1-2,10-11H2,(H,21,22). The van der Waals surface area contributed by atoms with Crippen LogP contribution < -0.4 is 10.1 Å². The molecule has 0 heterocycles. The molecule has 0 aromatic heterocycles. The number of nitrogens with one attached hydrogen (secondary N) is 1. The Morgan fingerprint density at radius 1 is 1.09 bits per heavy atom. The van der Waals surface area contributed by atoms with Crippen LogP contribution >= 0.6 is 23.2 Å². The third kappa shape index (κ3) is 5.34. The van der Waals surface area contributed by atoms with Gasteiger partial charge in [-0.15, -0.1) is 0 Å². The second kappa shape index (κ2) is 8.65. The fraction of sp³-hybridized carbons (Fsp3) is 0.235. The third-order valence-corrected chi connectivity index (χ3v) is 3.77. The highest BCUT2D eigenvalue weighted by Crippen LogP contribution is 2.26. The number of para-hydroxylation sites is 1. The zero-order valence-corrected chi connectivity index (χ0v) is 13.9. The average Bonchev–Trinajstić information content (AvgIpc) is 2.53. The maximum Gasteiger partial charge on any atom is 0.337 e. The molecule has 0 fully saturated rings. The minimum Gasteiger partial charge on any atom is -0.494 e. The number of anilines is 1. The summed E-state index contributed by atoms with van der Waals surface area (Å²) in [5.41, 5.74) is 0.634. The molecule has 23 heavy (non-hydrogen) atoms. The number of carboxylic acid groups (broad SMARTS) is 1. The van der Waals surface area contributed by atoms with Gasteiger partial charge in [-0.3, -0.25) is 0 Å². The molecule has 2 aromatic rings. The van der Waals surface area contributed by atoms with Crippen LogP contribution in [0.5, 0.6) is 5.75 Å². The molecule has 0 bridgehead atoms. The van der Waals surface area contributed by atoms with Gasteiger partial charge in [0.2, 0.25) is 0 Å². The molecule has 2 N–H and O–H groups in total. The number of carbonyl (C=O) groups is 1. The van der Waals surface area contributed by atoms with Crippen molar-refractivity contribution in [3.05, 3.63) is 58.1 Å². The number of ether oxygens (including phenoxy) is 1. The summed E-state index contributed by atoms with van der Waals surface area (Å²) in [4.78, 5) is 11.2. The van der Waals surface area contributed by atoms with E-state index >= 15 is 0 Å². The van der Waals surface area contributed by atoms with Crippen LogP contribution in [-0.2, 0) is 0 Å². The van der Waals surface area contributed by atoms with Crippen molar-refractivity contribution in [1.29, 1.82) is 0 Å². The first-order chi connectivity index (χ1) is 11.1. The van der Waals surface area contributed by atoms with Crippen LogP contribution in [0.1, 0.15) is 23.2 Å². The van der Waals surface area contributed by atoms with Gasteiger partial charge in [0.15, 0.2) is 0 Å². The molecule has 0 atom stereocenters. The topological polar surface area (TPSA) is 58.6 Å². The summed E-state index contributed by atoms with van der Waals surface area (Å²) in [7, 11) is 0. The van der Waals surface area contributed by atoms with Crippen LogP contribution in [0.2, 0.25) is 10.0 Å². The highest BCUT2D eigenvalue weighted by atomic mass is 35.5. The van der Waals surface area contributed by atoms with Gasteiger partial charge in [0.1, 0.15) is 5.75 Å². The molecular formula is C17H17Cl2NO3. The van der Waals surface area contributed by atoms with E-state index in [0.717, 1.165) is 18.6 Å². The molecule has 6 heteroatoms. The highest BCUT2D eigenvalue weighted by molar-refractivity contribution is 6.34. The molecule has 0 spiro atoms. The monoisotopic (exact) mass is 353 g/mol. The molecule has 122 valence electrons. The Balaban J connectivity index is 1.74. The van der Waals surface area contributed by atoms with E-state index in [2.05, 4.69) is 5.32 Å². The van der Waals surface area contributed by atoms with E-state index in [1.807, 2.05) is 12.1 Å². The lowest BCUT2D eigenvalue weighted by atomic mass is 10.1. The van der Waals surface area contributed by atoms with Gasteiger partial charge in [-0.1, -0.05) is 29.3 Å². The van der Waals surface area contributed by atoms with Crippen molar-refractivity contribution in [3.8, 4) is 5.75 Å². The Bertz CT molecular complexity index is 659. The number of unbranched alkanes of at least 4 members (excludes halogenated alkanes) is 1. The fourth-order valence-electron chi connectivity index (χ4n) is 2.04. The quantitative estimate of drug-likeness (QED) is 0.658. The van der Waals surface area contributed by atoms with Gasteiger partial charge >= 0.3 is 5.97 Å². The summed E-state index contributed by atoms with van der Waals surface area (Å²) in [6.07, 6.45) is 1.67. The van der Waals surface area contributed by atoms with Crippen LogP contribution in [0.4, 0.5) is 5.69 Å². The summed E-state index contributed by atoms with van der Waals surface area (Å²) in [6.45, 7) is 1.20. The number of hydrogen-bond acceptors (Lipinski definition) is 3. The van der Waals surface area contributed by atoms with Crippen molar-refractivity contribution in [2.24, 2.45) is 0 Å². The molecule has 2 aromatic carbocycles. The van der Waals surface area contributed by atoms with E-state index in [1.165, 1.54) is 6.07 Å². The predicted octanol–water partition coefficient (Wildman–Crippen LogP) is 4.96. The number of carboxylic acids is 1. The predicted molar refractivity (Wildman–Crippen MR) is 93.1 cm³/mol. The maximum absolute atomic E-state index is 11.2. The second-order valence-electron chi connectivity index (χ2n) is 4.90. The van der Waals surface area contributed by atoms with Gasteiger partial charge in [0.25, 0.3) is 0 Å². The summed E-state index contributed by atoms with van der Waals surface area (Å²) < 4.78 is 5.59. The van der Waals surface area contributed by atoms with Crippen LogP contribution in [0.25, 0.3) is 0 Å². The van der Waals surface area contributed by atoms with Gasteiger partial charge in [-0.2, -0.15) is 0 Å². The maximum atomic E-state index is 11.2. The molecular weight excluding hydrogens is 337 g/mol. The van der Waals surface area contributed by atoms with Crippen LogP contribution in [-0.4, -0.2) is 24.2 Å². The zero-order chi connectivity index (χ0) is 16.7. The van der Waals surface area contributed by atoms with E-state index in [-0.39, 0.29) is 5.56 Å². The van der Waals surface area contributed by atoms with E-state index in [9.17, 15) is 4.79 Å². The van der Waals surface area contributed by atoms with Crippen LogP contribution in [0, 0.1) is 0 Å². The van der Waals surface area contributed by atoms with Crippen LogP contribution in [0.3, 0.4) is 0 Å². The molecule has 0 aliphatic carbocycles. The van der Waals surface area contributed by atoms with E-state index in [4.69, 9.17) is 33.0 Å². The van der Waals surface area contributed by atoms with Gasteiger partial charge in [-0.25, -0.2) is 4.79 Å². The lowest BCUT2D eigenvalue weighted by molar-refractivity contribution is 0.0698. The van der Waals surface area contributed by atoms with Crippen molar-refractivity contribution in [2.75, 3.05) is 18.5 Å². The smallest absolute Gasteiger partial charge is 0.337 e. The normalized spacial score (nSPS) is 10.3. The SMILES string of the molecule is O=C(O)c1cccc(Cl)c1NCCCCOc1ccc(Cl)cc1. The van der Waals surface area contributed by atoms with Crippen molar-refractivity contribution >= 4 is 34.9 Å². The van der Waals surface area contributed by atoms with Crippen molar-refractivity contribution < 1.29 is 14.6 Å². The Hall–Kier alpha value is -1.91.